The summed E-state index contributed by atoms with van der Waals surface area (Å²) in [5.74, 6) is 1.71. The van der Waals surface area contributed by atoms with Crippen molar-refractivity contribution < 1.29 is 9.59 Å². The Morgan fingerprint density at radius 1 is 1.04 bits per heavy atom. The molecule has 2 aliphatic rings. The van der Waals surface area contributed by atoms with E-state index in [4.69, 9.17) is 0 Å². The molecular weight excluding hydrogens is 348 g/mol. The van der Waals surface area contributed by atoms with E-state index in [-0.39, 0.29) is 17.7 Å². The molecule has 0 unspecified atom stereocenters. The molecule has 0 aliphatic heterocycles. The van der Waals surface area contributed by atoms with Crippen LogP contribution < -0.4 is 10.6 Å². The molecule has 6 nitrogen and oxygen atoms in total. The van der Waals surface area contributed by atoms with Crippen molar-refractivity contribution in [3.63, 3.8) is 0 Å². The summed E-state index contributed by atoms with van der Waals surface area (Å²) >= 11 is 1.59. The van der Waals surface area contributed by atoms with Crippen LogP contribution in [-0.4, -0.2) is 33.8 Å². The van der Waals surface area contributed by atoms with Gasteiger partial charge in [-0.25, -0.2) is 0 Å². The topological polar surface area (TPSA) is 84.0 Å². The molecule has 0 aromatic carbocycles. The molecule has 2 N–H and O–H groups in total. The molecule has 2 aliphatic carbocycles. The molecule has 0 spiro atoms. The Labute approximate surface area is 159 Å². The highest BCUT2D eigenvalue weighted by Gasteiger charge is 2.29. The number of rotatable bonds is 8. The van der Waals surface area contributed by atoms with Gasteiger partial charge < -0.3 is 10.6 Å². The highest BCUT2D eigenvalue weighted by atomic mass is 32.2. The Balaban J connectivity index is 1.30. The molecule has 2 amide bonds. The van der Waals surface area contributed by atoms with Gasteiger partial charge in [0.15, 0.2) is 5.82 Å². The van der Waals surface area contributed by atoms with Crippen LogP contribution in [0.4, 0.5) is 5.82 Å². The summed E-state index contributed by atoms with van der Waals surface area (Å²) in [6, 6.07) is 4.03. The summed E-state index contributed by atoms with van der Waals surface area (Å²) in [6.07, 6.45) is 10.6. The Kier molecular flexibility index (Phi) is 7.29. The van der Waals surface area contributed by atoms with Crippen molar-refractivity contribution in [1.29, 1.82) is 0 Å². The molecular formula is C19H28N4O2S. The van der Waals surface area contributed by atoms with Gasteiger partial charge in [0.05, 0.1) is 0 Å². The zero-order chi connectivity index (χ0) is 18.2. The maximum absolute atomic E-state index is 12.1. The van der Waals surface area contributed by atoms with Crippen LogP contribution in [0.15, 0.2) is 17.2 Å². The average Bonchev–Trinajstić information content (AvgIpc) is 3.48. The number of carbonyl (C=O) groups excluding carboxylic acids is 2. The molecule has 26 heavy (non-hydrogen) atoms. The lowest BCUT2D eigenvalue weighted by atomic mass is 10.1. The summed E-state index contributed by atoms with van der Waals surface area (Å²) < 4.78 is 0. The molecule has 0 bridgehead atoms. The minimum Gasteiger partial charge on any atom is -0.353 e. The average molecular weight is 377 g/mol. The Hall–Kier alpha value is -1.63. The predicted molar refractivity (Wildman–Crippen MR) is 103 cm³/mol. The number of hydrogen-bond acceptors (Lipinski definition) is 5. The molecule has 3 rings (SSSR count). The Morgan fingerprint density at radius 3 is 2.46 bits per heavy atom. The molecule has 1 heterocycles. The monoisotopic (exact) mass is 376 g/mol. The van der Waals surface area contributed by atoms with Gasteiger partial charge in [0, 0.05) is 24.1 Å². The number of aromatic nitrogens is 2. The van der Waals surface area contributed by atoms with Crippen LogP contribution in [0.5, 0.6) is 0 Å². The number of thioether (sulfide) groups is 1. The van der Waals surface area contributed by atoms with Gasteiger partial charge in [0.25, 0.3) is 0 Å². The van der Waals surface area contributed by atoms with Crippen molar-refractivity contribution in [3.8, 4) is 0 Å². The van der Waals surface area contributed by atoms with Gasteiger partial charge in [-0.2, -0.15) is 0 Å². The van der Waals surface area contributed by atoms with E-state index in [9.17, 15) is 9.59 Å². The number of carbonyl (C=O) groups is 2. The van der Waals surface area contributed by atoms with Crippen LogP contribution in [0.2, 0.25) is 0 Å². The van der Waals surface area contributed by atoms with Crippen LogP contribution in [0, 0.1) is 5.92 Å². The van der Waals surface area contributed by atoms with Crippen molar-refractivity contribution in [3.05, 3.63) is 12.1 Å². The molecule has 0 saturated heterocycles. The van der Waals surface area contributed by atoms with Gasteiger partial charge in [-0.3, -0.25) is 9.59 Å². The summed E-state index contributed by atoms with van der Waals surface area (Å²) in [4.78, 5) is 23.7. The van der Waals surface area contributed by atoms with Crippen molar-refractivity contribution in [2.45, 2.75) is 75.3 Å². The smallest absolute Gasteiger partial charge is 0.228 e. The lowest BCUT2D eigenvalue weighted by Crippen LogP contribution is -2.34. The van der Waals surface area contributed by atoms with Gasteiger partial charge in [-0.05, 0) is 44.2 Å². The van der Waals surface area contributed by atoms with Crippen LogP contribution in [0.1, 0.15) is 64.2 Å². The van der Waals surface area contributed by atoms with E-state index < -0.39 is 0 Å². The summed E-state index contributed by atoms with van der Waals surface area (Å²) in [5, 5.41) is 15.0. The zero-order valence-electron chi connectivity index (χ0n) is 15.2. The molecule has 0 radical (unpaired) electrons. The van der Waals surface area contributed by atoms with E-state index in [2.05, 4.69) is 20.8 Å². The van der Waals surface area contributed by atoms with Crippen LogP contribution in [-0.2, 0) is 9.59 Å². The number of amides is 2. The highest BCUT2D eigenvalue weighted by molar-refractivity contribution is 7.99. The third-order valence-corrected chi connectivity index (χ3v) is 5.86. The first kappa shape index (κ1) is 19.1. The molecule has 1 aromatic rings. The fraction of sp³-hybridized carbons (Fsp3) is 0.684. The number of hydrogen-bond donors (Lipinski definition) is 2. The first-order valence-electron chi connectivity index (χ1n) is 9.77. The van der Waals surface area contributed by atoms with E-state index in [1.54, 1.807) is 17.8 Å². The maximum atomic E-state index is 12.1. The minimum atomic E-state index is 0.0411. The summed E-state index contributed by atoms with van der Waals surface area (Å²) in [5.41, 5.74) is 0. The van der Waals surface area contributed by atoms with Crippen molar-refractivity contribution in [2.24, 2.45) is 5.92 Å². The third-order valence-electron chi connectivity index (χ3n) is 4.86. The lowest BCUT2D eigenvalue weighted by Gasteiger charge is -2.16. The van der Waals surface area contributed by atoms with Gasteiger partial charge in [-0.1, -0.05) is 25.7 Å². The van der Waals surface area contributed by atoms with Crippen LogP contribution >= 0.6 is 11.8 Å². The largest absolute Gasteiger partial charge is 0.353 e. The summed E-state index contributed by atoms with van der Waals surface area (Å²) in [7, 11) is 0. The Morgan fingerprint density at radius 2 is 1.81 bits per heavy atom. The number of anilines is 1. The molecule has 142 valence electrons. The molecule has 7 heteroatoms. The van der Waals surface area contributed by atoms with E-state index in [0.29, 0.717) is 18.3 Å². The third kappa shape index (κ3) is 6.59. The van der Waals surface area contributed by atoms with Gasteiger partial charge in [-0.15, -0.1) is 22.0 Å². The normalized spacial score (nSPS) is 18.2. The van der Waals surface area contributed by atoms with Gasteiger partial charge >= 0.3 is 0 Å². The predicted octanol–water partition coefficient (Wildman–Crippen LogP) is 3.54. The maximum Gasteiger partial charge on any atom is 0.228 e. The van der Waals surface area contributed by atoms with Crippen LogP contribution in [0.25, 0.3) is 0 Å². The SMILES string of the molecule is O=C(CCCSc1ccc(NC(=O)C2CC2)nn1)NC1CCCCCC1. The Bertz CT molecular complexity index is 596. The molecule has 2 saturated carbocycles. The van der Waals surface area contributed by atoms with Crippen LogP contribution in [0.3, 0.4) is 0 Å². The fourth-order valence-electron chi connectivity index (χ4n) is 3.17. The first-order chi connectivity index (χ1) is 12.7. The second kappa shape index (κ2) is 9.90. The van der Waals surface area contributed by atoms with Crippen molar-refractivity contribution in [2.75, 3.05) is 11.1 Å². The van der Waals surface area contributed by atoms with Crippen molar-refractivity contribution in [1.82, 2.24) is 15.5 Å². The lowest BCUT2D eigenvalue weighted by molar-refractivity contribution is -0.122. The minimum absolute atomic E-state index is 0.0411. The molecule has 1 aromatic heterocycles. The highest BCUT2D eigenvalue weighted by Crippen LogP contribution is 2.30. The quantitative estimate of drug-likeness (QED) is 0.412. The molecule has 0 atom stereocenters. The van der Waals surface area contributed by atoms with Crippen molar-refractivity contribution >= 4 is 29.4 Å². The number of nitrogens with zero attached hydrogens (tertiary/aromatic N) is 2. The second-order valence-electron chi connectivity index (χ2n) is 7.23. The first-order valence-corrected chi connectivity index (χ1v) is 10.8. The van der Waals surface area contributed by atoms with E-state index in [0.717, 1.165) is 42.9 Å². The number of nitrogens with one attached hydrogen (secondary N) is 2. The summed E-state index contributed by atoms with van der Waals surface area (Å²) in [6.45, 7) is 0. The van der Waals surface area contributed by atoms with Gasteiger partial charge in [0.2, 0.25) is 11.8 Å². The standard InChI is InChI=1S/C19H28N4O2S/c24-17(20-15-6-3-1-2-4-7-15)8-5-13-26-18-12-11-16(22-23-18)21-19(25)14-9-10-14/h11-12,14-15H,1-10,13H2,(H,20,24)(H,21,22,25). The van der Waals surface area contributed by atoms with E-state index in [1.807, 2.05) is 6.07 Å². The second-order valence-corrected chi connectivity index (χ2v) is 8.34. The van der Waals surface area contributed by atoms with E-state index in [1.165, 1.54) is 25.7 Å². The molecule has 2 fully saturated rings. The van der Waals surface area contributed by atoms with Gasteiger partial charge in [0.1, 0.15) is 5.03 Å². The zero-order valence-corrected chi connectivity index (χ0v) is 16.0. The fourth-order valence-corrected chi connectivity index (χ4v) is 3.93. The van der Waals surface area contributed by atoms with E-state index >= 15 is 0 Å².